The van der Waals surface area contributed by atoms with Crippen molar-refractivity contribution in [1.82, 2.24) is 5.32 Å². The summed E-state index contributed by atoms with van der Waals surface area (Å²) in [7, 11) is 0. The number of benzene rings is 1. The molecule has 0 atom stereocenters. The molecule has 0 saturated heterocycles. The molecule has 0 heterocycles. The first-order valence-corrected chi connectivity index (χ1v) is 5.51. The monoisotopic (exact) mass is 294 g/mol. The molecule has 1 aromatic carbocycles. The molecule has 0 bridgehead atoms. The molecule has 0 saturated carbocycles. The Morgan fingerprint density at radius 2 is 1.88 bits per heavy atom. The maximum absolute atomic E-state index is 10.5. The Balaban J connectivity index is 3.20. The Labute approximate surface area is 113 Å². The molecule has 8 heteroatoms. The van der Waals surface area contributed by atoms with Crippen LogP contribution in [0.25, 0.3) is 0 Å². The van der Waals surface area contributed by atoms with E-state index in [0.29, 0.717) is 11.3 Å². The van der Waals surface area contributed by atoms with E-state index in [1.54, 1.807) is 6.92 Å². The smallest absolute Gasteiger partial charge is 0.318 e. The Bertz CT molecular complexity index is 502. The van der Waals surface area contributed by atoms with Crippen molar-refractivity contribution >= 4 is 52.5 Å². The van der Waals surface area contributed by atoms with E-state index in [1.807, 2.05) is 0 Å². The topological polar surface area (TPSA) is 93.5 Å². The van der Waals surface area contributed by atoms with Crippen molar-refractivity contribution in [2.45, 2.75) is 6.92 Å². The van der Waals surface area contributed by atoms with Crippen LogP contribution in [0.5, 0.6) is 0 Å². The highest BCUT2D eigenvalue weighted by Gasteiger charge is 2.11. The second-order valence-corrected chi connectivity index (χ2v) is 4.28. The number of halogens is 3. The number of rotatable bonds is 1. The van der Waals surface area contributed by atoms with Crippen LogP contribution in [0, 0.1) is 6.92 Å². The van der Waals surface area contributed by atoms with Gasteiger partial charge in [0.25, 0.3) is 0 Å². The molecular formula is C9H9Cl3N4O. The maximum Gasteiger partial charge on any atom is 0.318 e. The Hall–Kier alpha value is -1.17. The van der Waals surface area contributed by atoms with Crippen LogP contribution in [0.2, 0.25) is 15.1 Å². The molecule has 1 aromatic rings. The van der Waals surface area contributed by atoms with Gasteiger partial charge >= 0.3 is 6.03 Å². The summed E-state index contributed by atoms with van der Waals surface area (Å²) in [6.45, 7) is 1.70. The number of amides is 2. The van der Waals surface area contributed by atoms with Gasteiger partial charge in [-0.3, -0.25) is 5.32 Å². The Morgan fingerprint density at radius 3 is 2.41 bits per heavy atom. The number of guanidine groups is 1. The summed E-state index contributed by atoms with van der Waals surface area (Å²) in [5.41, 5.74) is 11.3. The minimum atomic E-state index is -0.810. The molecule has 2 amide bonds. The molecule has 0 unspecified atom stereocenters. The van der Waals surface area contributed by atoms with Gasteiger partial charge in [-0.05, 0) is 18.6 Å². The lowest BCUT2D eigenvalue weighted by Crippen LogP contribution is -2.39. The van der Waals surface area contributed by atoms with Gasteiger partial charge in [0.15, 0.2) is 0 Å². The van der Waals surface area contributed by atoms with Gasteiger partial charge in [0.1, 0.15) is 0 Å². The number of aliphatic imine (C=N–C) groups is 1. The molecule has 0 aromatic heterocycles. The number of nitrogens with two attached hydrogens (primary N) is 2. The number of carbonyl (C=O) groups is 1. The average molecular weight is 296 g/mol. The summed E-state index contributed by atoms with van der Waals surface area (Å²) < 4.78 is 0. The first-order chi connectivity index (χ1) is 7.82. The highest BCUT2D eigenvalue weighted by Crippen LogP contribution is 2.38. The van der Waals surface area contributed by atoms with E-state index in [9.17, 15) is 4.79 Å². The van der Waals surface area contributed by atoms with Gasteiger partial charge in [-0.25, -0.2) is 9.79 Å². The van der Waals surface area contributed by atoms with Gasteiger partial charge < -0.3 is 11.5 Å². The van der Waals surface area contributed by atoms with Crippen LogP contribution < -0.4 is 16.8 Å². The van der Waals surface area contributed by atoms with Gasteiger partial charge in [-0.15, -0.1) is 0 Å². The van der Waals surface area contributed by atoms with Crippen molar-refractivity contribution in [2.75, 3.05) is 0 Å². The molecule has 0 spiro atoms. The van der Waals surface area contributed by atoms with Crippen LogP contribution in [0.15, 0.2) is 11.1 Å². The lowest BCUT2D eigenvalue weighted by atomic mass is 10.2. The van der Waals surface area contributed by atoms with Crippen LogP contribution >= 0.6 is 34.8 Å². The van der Waals surface area contributed by atoms with Crippen molar-refractivity contribution in [3.05, 3.63) is 26.7 Å². The number of hydrogen-bond acceptors (Lipinski definition) is 2. The molecule has 1 rings (SSSR count). The van der Waals surface area contributed by atoms with Crippen molar-refractivity contribution in [1.29, 1.82) is 0 Å². The minimum Gasteiger partial charge on any atom is -0.369 e. The summed E-state index contributed by atoms with van der Waals surface area (Å²) in [4.78, 5) is 14.5. The van der Waals surface area contributed by atoms with E-state index in [1.165, 1.54) is 6.07 Å². The molecule has 17 heavy (non-hydrogen) atoms. The summed E-state index contributed by atoms with van der Waals surface area (Å²) in [6, 6.07) is 0.677. The molecule has 0 fully saturated rings. The first-order valence-electron chi connectivity index (χ1n) is 4.37. The zero-order valence-electron chi connectivity index (χ0n) is 8.72. The first kappa shape index (κ1) is 13.9. The number of nitrogens with one attached hydrogen (secondary N) is 1. The molecule has 0 radical (unpaired) electrons. The van der Waals surface area contributed by atoms with Crippen LogP contribution in [0.1, 0.15) is 5.56 Å². The molecule has 0 aliphatic carbocycles. The van der Waals surface area contributed by atoms with E-state index in [0.717, 1.165) is 0 Å². The standard InChI is InChI=1S/C9H9Cl3N4O/c1-3-5(15-8(13)16-9(14)17)2-4(10)7(12)6(3)11/h2H,1H3,(H5,13,14,15,16,17). The minimum absolute atomic E-state index is 0.157. The van der Waals surface area contributed by atoms with E-state index in [-0.39, 0.29) is 21.0 Å². The van der Waals surface area contributed by atoms with Crippen LogP contribution in [-0.2, 0) is 0 Å². The number of urea groups is 1. The van der Waals surface area contributed by atoms with Gasteiger partial charge in [-0.1, -0.05) is 34.8 Å². The van der Waals surface area contributed by atoms with E-state index in [2.05, 4.69) is 10.3 Å². The molecule has 0 aliphatic rings. The predicted octanol–water partition coefficient (Wildman–Crippen LogP) is 2.57. The Kier molecular flexibility index (Phi) is 4.45. The highest BCUT2D eigenvalue weighted by atomic mass is 35.5. The SMILES string of the molecule is Cc1c(N=C(N)NC(N)=O)cc(Cl)c(Cl)c1Cl. The third-order valence-corrected chi connectivity index (χ3v) is 3.23. The third kappa shape index (κ3) is 3.39. The maximum atomic E-state index is 10.5. The fourth-order valence-electron chi connectivity index (χ4n) is 1.07. The second-order valence-electron chi connectivity index (χ2n) is 3.12. The highest BCUT2D eigenvalue weighted by molar-refractivity contribution is 6.48. The van der Waals surface area contributed by atoms with Crippen molar-refractivity contribution < 1.29 is 4.79 Å². The van der Waals surface area contributed by atoms with Crippen molar-refractivity contribution in [3.8, 4) is 0 Å². The molecule has 5 N–H and O–H groups in total. The normalized spacial score (nSPS) is 11.4. The summed E-state index contributed by atoms with van der Waals surface area (Å²) in [5, 5.41) is 2.89. The fourth-order valence-corrected chi connectivity index (χ4v) is 1.71. The fraction of sp³-hybridized carbons (Fsp3) is 0.111. The summed E-state index contributed by atoms with van der Waals surface area (Å²) >= 11 is 17.6. The quantitative estimate of drug-likeness (QED) is 0.422. The van der Waals surface area contributed by atoms with E-state index < -0.39 is 6.03 Å². The van der Waals surface area contributed by atoms with Gasteiger partial charge in [0.05, 0.1) is 20.8 Å². The van der Waals surface area contributed by atoms with Crippen LogP contribution in [0.4, 0.5) is 10.5 Å². The molecular weight excluding hydrogens is 286 g/mol. The largest absolute Gasteiger partial charge is 0.369 e. The van der Waals surface area contributed by atoms with Gasteiger partial charge in [0.2, 0.25) is 5.96 Å². The van der Waals surface area contributed by atoms with E-state index >= 15 is 0 Å². The zero-order valence-corrected chi connectivity index (χ0v) is 11.0. The third-order valence-electron chi connectivity index (χ3n) is 1.87. The lowest BCUT2D eigenvalue weighted by Gasteiger charge is -2.08. The summed E-state index contributed by atoms with van der Waals surface area (Å²) in [5.74, 6) is -0.157. The average Bonchev–Trinajstić information content (AvgIpc) is 2.21. The zero-order chi connectivity index (χ0) is 13.2. The van der Waals surface area contributed by atoms with Crippen molar-refractivity contribution in [3.63, 3.8) is 0 Å². The molecule has 92 valence electrons. The van der Waals surface area contributed by atoms with Gasteiger partial charge in [-0.2, -0.15) is 0 Å². The predicted molar refractivity (Wildman–Crippen MR) is 70.2 cm³/mol. The summed E-state index contributed by atoms with van der Waals surface area (Å²) in [6.07, 6.45) is 0. The molecule has 5 nitrogen and oxygen atoms in total. The number of hydrogen-bond donors (Lipinski definition) is 3. The second kappa shape index (κ2) is 5.44. The van der Waals surface area contributed by atoms with Crippen LogP contribution in [-0.4, -0.2) is 12.0 Å². The Morgan fingerprint density at radius 1 is 1.29 bits per heavy atom. The van der Waals surface area contributed by atoms with Crippen LogP contribution in [0.3, 0.4) is 0 Å². The lowest BCUT2D eigenvalue weighted by molar-refractivity contribution is 0.253. The van der Waals surface area contributed by atoms with Crippen molar-refractivity contribution in [2.24, 2.45) is 16.5 Å². The number of carbonyl (C=O) groups excluding carboxylic acids is 1. The molecule has 0 aliphatic heterocycles. The van der Waals surface area contributed by atoms with E-state index in [4.69, 9.17) is 46.3 Å². The number of nitrogens with zero attached hydrogens (tertiary/aromatic N) is 1. The number of primary amides is 1. The van der Waals surface area contributed by atoms with Gasteiger partial charge in [0, 0.05) is 0 Å².